The van der Waals surface area contributed by atoms with E-state index in [9.17, 15) is 4.79 Å². The Morgan fingerprint density at radius 3 is 2.36 bits per heavy atom. The van der Waals surface area contributed by atoms with Crippen LogP contribution >= 0.6 is 0 Å². The average Bonchev–Trinajstić information content (AvgIpc) is 2.17. The summed E-state index contributed by atoms with van der Waals surface area (Å²) in [5.41, 5.74) is 0. The summed E-state index contributed by atoms with van der Waals surface area (Å²) < 4.78 is 0. The molecule has 4 nitrogen and oxygen atoms in total. The van der Waals surface area contributed by atoms with E-state index in [0.29, 0.717) is 0 Å². The first-order chi connectivity index (χ1) is 6.54. The van der Waals surface area contributed by atoms with E-state index in [1.54, 1.807) is 19.0 Å². The van der Waals surface area contributed by atoms with Crippen molar-refractivity contribution in [2.24, 2.45) is 0 Å². The molecule has 1 N–H and O–H groups in total. The highest BCUT2D eigenvalue weighted by atomic mass is 16.3. The fourth-order valence-corrected chi connectivity index (χ4v) is 1.43. The predicted octanol–water partition coefficient (Wildman–Crippen LogP) is 0.167. The molecule has 4 heteroatoms. The minimum absolute atomic E-state index is 0.0958. The normalized spacial score (nSPS) is 13.0. The zero-order valence-corrected chi connectivity index (χ0v) is 9.66. The van der Waals surface area contributed by atoms with Crippen molar-refractivity contribution in [1.82, 2.24) is 9.80 Å². The van der Waals surface area contributed by atoms with Crippen molar-refractivity contribution in [3.63, 3.8) is 0 Å². The van der Waals surface area contributed by atoms with Crippen molar-refractivity contribution in [2.75, 3.05) is 33.8 Å². The van der Waals surface area contributed by atoms with Gasteiger partial charge >= 0.3 is 0 Å². The number of carbonyl (C=O) groups is 1. The van der Waals surface area contributed by atoms with Crippen molar-refractivity contribution < 1.29 is 9.90 Å². The highest BCUT2D eigenvalue weighted by Crippen LogP contribution is 2.02. The van der Waals surface area contributed by atoms with Crippen molar-refractivity contribution in [3.8, 4) is 0 Å². The van der Waals surface area contributed by atoms with Crippen LogP contribution < -0.4 is 0 Å². The SMILES string of the molecule is CCN(CCCO)C(C)C(=O)N(C)C. The van der Waals surface area contributed by atoms with E-state index in [1.807, 2.05) is 13.8 Å². The molecule has 1 atom stereocenters. The van der Waals surface area contributed by atoms with Gasteiger partial charge in [-0.2, -0.15) is 0 Å². The molecule has 84 valence electrons. The molecule has 0 saturated heterocycles. The van der Waals surface area contributed by atoms with Crippen LogP contribution in [0.2, 0.25) is 0 Å². The zero-order chi connectivity index (χ0) is 11.1. The molecule has 0 bridgehead atoms. The summed E-state index contributed by atoms with van der Waals surface area (Å²) in [6, 6.07) is -0.0958. The molecule has 0 fully saturated rings. The Hall–Kier alpha value is -0.610. The third-order valence-electron chi connectivity index (χ3n) is 2.36. The summed E-state index contributed by atoms with van der Waals surface area (Å²) in [5, 5.41) is 8.72. The lowest BCUT2D eigenvalue weighted by Crippen LogP contribution is -2.45. The molecular formula is C10H22N2O2. The van der Waals surface area contributed by atoms with Gasteiger partial charge in [0.05, 0.1) is 6.04 Å². The molecule has 0 aromatic heterocycles. The molecule has 0 aliphatic carbocycles. The van der Waals surface area contributed by atoms with Crippen LogP contribution in [-0.2, 0) is 4.79 Å². The molecule has 1 amide bonds. The molecule has 0 radical (unpaired) electrons. The van der Waals surface area contributed by atoms with Gasteiger partial charge in [0.15, 0.2) is 0 Å². The third-order valence-corrected chi connectivity index (χ3v) is 2.36. The summed E-state index contributed by atoms with van der Waals surface area (Å²) in [4.78, 5) is 15.3. The number of hydrogen-bond acceptors (Lipinski definition) is 3. The lowest BCUT2D eigenvalue weighted by molar-refractivity contribution is -0.133. The lowest BCUT2D eigenvalue weighted by Gasteiger charge is -2.28. The number of hydrogen-bond donors (Lipinski definition) is 1. The van der Waals surface area contributed by atoms with Crippen LogP contribution in [0.5, 0.6) is 0 Å². The molecule has 0 aliphatic heterocycles. The van der Waals surface area contributed by atoms with Crippen LogP contribution in [0.25, 0.3) is 0 Å². The van der Waals surface area contributed by atoms with Gasteiger partial charge in [0.2, 0.25) is 5.91 Å². The topological polar surface area (TPSA) is 43.8 Å². The largest absolute Gasteiger partial charge is 0.396 e. The molecule has 0 aromatic rings. The van der Waals surface area contributed by atoms with Gasteiger partial charge in [-0.05, 0) is 19.9 Å². The van der Waals surface area contributed by atoms with Crippen LogP contribution in [0.4, 0.5) is 0 Å². The average molecular weight is 202 g/mol. The Labute approximate surface area is 86.5 Å². The Balaban J connectivity index is 4.15. The molecule has 0 aliphatic rings. The number of amides is 1. The maximum absolute atomic E-state index is 11.6. The van der Waals surface area contributed by atoms with Crippen molar-refractivity contribution in [3.05, 3.63) is 0 Å². The quantitative estimate of drug-likeness (QED) is 0.667. The minimum atomic E-state index is -0.0958. The smallest absolute Gasteiger partial charge is 0.239 e. The van der Waals surface area contributed by atoms with Gasteiger partial charge < -0.3 is 10.0 Å². The minimum Gasteiger partial charge on any atom is -0.396 e. The Bertz CT molecular complexity index is 172. The molecule has 0 heterocycles. The van der Waals surface area contributed by atoms with E-state index in [2.05, 4.69) is 4.90 Å². The van der Waals surface area contributed by atoms with Crippen molar-refractivity contribution >= 4 is 5.91 Å². The fraction of sp³-hybridized carbons (Fsp3) is 0.900. The van der Waals surface area contributed by atoms with Gasteiger partial charge in [0.1, 0.15) is 0 Å². The Morgan fingerprint density at radius 2 is 2.00 bits per heavy atom. The van der Waals surface area contributed by atoms with E-state index < -0.39 is 0 Å². The van der Waals surface area contributed by atoms with Crippen LogP contribution in [0.15, 0.2) is 0 Å². The maximum atomic E-state index is 11.6. The van der Waals surface area contributed by atoms with E-state index >= 15 is 0 Å². The number of aliphatic hydroxyl groups excluding tert-OH is 1. The lowest BCUT2D eigenvalue weighted by atomic mass is 10.2. The zero-order valence-electron chi connectivity index (χ0n) is 9.66. The molecule has 0 aromatic carbocycles. The second-order valence-corrected chi connectivity index (χ2v) is 3.61. The summed E-state index contributed by atoms with van der Waals surface area (Å²) in [6.45, 7) is 5.72. The monoisotopic (exact) mass is 202 g/mol. The highest BCUT2D eigenvalue weighted by Gasteiger charge is 2.20. The molecule has 0 spiro atoms. The molecule has 14 heavy (non-hydrogen) atoms. The van der Waals surface area contributed by atoms with Gasteiger partial charge in [0.25, 0.3) is 0 Å². The highest BCUT2D eigenvalue weighted by molar-refractivity contribution is 5.80. The van der Waals surface area contributed by atoms with E-state index in [4.69, 9.17) is 5.11 Å². The number of nitrogens with zero attached hydrogens (tertiary/aromatic N) is 2. The number of aliphatic hydroxyl groups is 1. The standard InChI is InChI=1S/C10H22N2O2/c1-5-12(7-6-8-13)9(2)10(14)11(3)4/h9,13H,5-8H2,1-4H3. The second-order valence-electron chi connectivity index (χ2n) is 3.61. The fourth-order valence-electron chi connectivity index (χ4n) is 1.43. The third kappa shape index (κ3) is 4.07. The van der Waals surface area contributed by atoms with Crippen LogP contribution in [0, 0.1) is 0 Å². The van der Waals surface area contributed by atoms with Crippen LogP contribution in [0.1, 0.15) is 20.3 Å². The summed E-state index contributed by atoms with van der Waals surface area (Å²) in [6.07, 6.45) is 0.721. The van der Waals surface area contributed by atoms with Gasteiger partial charge in [-0.1, -0.05) is 6.92 Å². The Kier molecular flexibility index (Phi) is 6.49. The van der Waals surface area contributed by atoms with Crippen LogP contribution in [0.3, 0.4) is 0 Å². The number of carbonyl (C=O) groups excluding carboxylic acids is 1. The van der Waals surface area contributed by atoms with Gasteiger partial charge in [-0.25, -0.2) is 0 Å². The summed E-state index contributed by atoms with van der Waals surface area (Å²) >= 11 is 0. The van der Waals surface area contributed by atoms with Crippen LogP contribution in [-0.4, -0.2) is 60.6 Å². The molecule has 1 unspecified atom stereocenters. The Morgan fingerprint density at radius 1 is 1.43 bits per heavy atom. The van der Waals surface area contributed by atoms with Crippen molar-refractivity contribution in [2.45, 2.75) is 26.3 Å². The van der Waals surface area contributed by atoms with Crippen molar-refractivity contribution in [1.29, 1.82) is 0 Å². The van der Waals surface area contributed by atoms with Gasteiger partial charge in [-0.3, -0.25) is 9.69 Å². The molecule has 0 rings (SSSR count). The van der Waals surface area contributed by atoms with E-state index in [-0.39, 0.29) is 18.6 Å². The van der Waals surface area contributed by atoms with E-state index in [1.165, 1.54) is 0 Å². The first-order valence-electron chi connectivity index (χ1n) is 5.10. The number of likely N-dealkylation sites (N-methyl/N-ethyl adjacent to an activating group) is 2. The summed E-state index contributed by atoms with van der Waals surface area (Å²) in [5.74, 6) is 0.116. The molecule has 0 saturated carbocycles. The summed E-state index contributed by atoms with van der Waals surface area (Å²) in [7, 11) is 3.53. The van der Waals surface area contributed by atoms with E-state index in [0.717, 1.165) is 19.5 Å². The van der Waals surface area contributed by atoms with Gasteiger partial charge in [-0.15, -0.1) is 0 Å². The molecular weight excluding hydrogens is 180 g/mol. The first kappa shape index (κ1) is 13.4. The first-order valence-corrected chi connectivity index (χ1v) is 5.10. The predicted molar refractivity (Wildman–Crippen MR) is 57.1 cm³/mol. The number of rotatable bonds is 6. The maximum Gasteiger partial charge on any atom is 0.239 e. The van der Waals surface area contributed by atoms with Gasteiger partial charge in [0, 0.05) is 27.2 Å². The second kappa shape index (κ2) is 6.79.